The van der Waals surface area contributed by atoms with Crippen LogP contribution in [0.15, 0.2) is 37.9 Å². The normalized spacial score (nSPS) is 10.6. The summed E-state index contributed by atoms with van der Waals surface area (Å²) in [5.41, 5.74) is 3.51. The van der Waals surface area contributed by atoms with E-state index in [1.54, 1.807) is 18.4 Å². The van der Waals surface area contributed by atoms with Crippen molar-refractivity contribution in [3.05, 3.63) is 49.0 Å². The van der Waals surface area contributed by atoms with Crippen LogP contribution in [-0.4, -0.2) is 7.11 Å². The molecule has 0 amide bonds. The predicted octanol–water partition coefficient (Wildman–Crippen LogP) is 5.03. The summed E-state index contributed by atoms with van der Waals surface area (Å²) in [6, 6.07) is 6.12. The summed E-state index contributed by atoms with van der Waals surface area (Å²) in [5.74, 6) is 0. The highest BCUT2D eigenvalue weighted by atomic mass is 79.9. The zero-order valence-electron chi connectivity index (χ0n) is 9.87. The van der Waals surface area contributed by atoms with Crippen LogP contribution in [0, 0.1) is 0 Å². The molecular weight excluding hydrogens is 378 g/mol. The Morgan fingerprint density at radius 3 is 2.72 bits per heavy atom. The molecule has 0 aliphatic rings. The Labute approximate surface area is 128 Å². The van der Waals surface area contributed by atoms with Crippen LogP contribution in [0.3, 0.4) is 0 Å². The molecular formula is C13H13Br2NOS. The molecule has 0 spiro atoms. The van der Waals surface area contributed by atoms with Gasteiger partial charge in [0.25, 0.3) is 0 Å². The molecule has 0 unspecified atom stereocenters. The first-order valence-corrected chi connectivity index (χ1v) is 7.96. The van der Waals surface area contributed by atoms with Gasteiger partial charge in [0.15, 0.2) is 0 Å². The standard InChI is InChI=1S/C13H13Br2NOS/c1-17-6-10-11(14)3-2-4-13(10)16-5-9-7-18-8-12(9)15/h2-4,7-8,16H,5-6H2,1H3. The second-order valence-corrected chi connectivity index (χ2v) is 6.25. The first-order chi connectivity index (χ1) is 8.72. The number of rotatable bonds is 5. The number of halogens is 2. The minimum atomic E-state index is 0.592. The van der Waals surface area contributed by atoms with Gasteiger partial charge in [-0.15, -0.1) is 0 Å². The van der Waals surface area contributed by atoms with E-state index in [9.17, 15) is 0 Å². The maximum Gasteiger partial charge on any atom is 0.0744 e. The van der Waals surface area contributed by atoms with E-state index in [4.69, 9.17) is 4.74 Å². The Morgan fingerprint density at radius 2 is 2.06 bits per heavy atom. The van der Waals surface area contributed by atoms with Crippen molar-refractivity contribution in [1.29, 1.82) is 0 Å². The Morgan fingerprint density at radius 1 is 1.22 bits per heavy atom. The van der Waals surface area contributed by atoms with E-state index in [0.717, 1.165) is 26.7 Å². The van der Waals surface area contributed by atoms with Crippen LogP contribution in [-0.2, 0) is 17.9 Å². The monoisotopic (exact) mass is 389 g/mol. The van der Waals surface area contributed by atoms with E-state index >= 15 is 0 Å². The Balaban J connectivity index is 2.14. The largest absolute Gasteiger partial charge is 0.381 e. The van der Waals surface area contributed by atoms with E-state index in [2.05, 4.69) is 54.0 Å². The zero-order valence-corrected chi connectivity index (χ0v) is 13.9. The van der Waals surface area contributed by atoms with Crippen LogP contribution in [0.5, 0.6) is 0 Å². The first-order valence-electron chi connectivity index (χ1n) is 5.43. The van der Waals surface area contributed by atoms with Gasteiger partial charge in [0.1, 0.15) is 0 Å². The van der Waals surface area contributed by atoms with Crippen LogP contribution < -0.4 is 5.32 Å². The fourth-order valence-corrected chi connectivity index (χ4v) is 3.56. The van der Waals surface area contributed by atoms with Crippen molar-refractivity contribution < 1.29 is 4.74 Å². The third-order valence-corrected chi connectivity index (χ3v) is 5.14. The molecule has 0 aliphatic heterocycles. The summed E-state index contributed by atoms with van der Waals surface area (Å²) in [5, 5.41) is 7.68. The van der Waals surface area contributed by atoms with Gasteiger partial charge >= 0.3 is 0 Å². The molecule has 0 radical (unpaired) electrons. The maximum absolute atomic E-state index is 5.23. The van der Waals surface area contributed by atoms with Crippen LogP contribution in [0.1, 0.15) is 11.1 Å². The fraction of sp³-hybridized carbons (Fsp3) is 0.231. The third-order valence-electron chi connectivity index (χ3n) is 2.57. The molecule has 1 N–H and O–H groups in total. The zero-order chi connectivity index (χ0) is 13.0. The van der Waals surface area contributed by atoms with Crippen molar-refractivity contribution in [1.82, 2.24) is 0 Å². The number of nitrogens with one attached hydrogen (secondary N) is 1. The SMILES string of the molecule is COCc1c(Br)cccc1NCc1cscc1Br. The van der Waals surface area contributed by atoms with Gasteiger partial charge in [-0.1, -0.05) is 22.0 Å². The lowest BCUT2D eigenvalue weighted by molar-refractivity contribution is 0.185. The maximum atomic E-state index is 5.23. The summed E-state index contributed by atoms with van der Waals surface area (Å²) < 4.78 is 7.46. The highest BCUT2D eigenvalue weighted by molar-refractivity contribution is 9.10. The van der Waals surface area contributed by atoms with Crippen LogP contribution in [0.25, 0.3) is 0 Å². The predicted molar refractivity (Wildman–Crippen MR) is 84.2 cm³/mol. The van der Waals surface area contributed by atoms with Gasteiger partial charge in [-0.2, -0.15) is 11.3 Å². The average molecular weight is 391 g/mol. The highest BCUT2D eigenvalue weighted by Gasteiger charge is 2.07. The number of hydrogen-bond donors (Lipinski definition) is 1. The molecule has 0 saturated carbocycles. The van der Waals surface area contributed by atoms with E-state index in [0.29, 0.717) is 6.61 Å². The van der Waals surface area contributed by atoms with E-state index < -0.39 is 0 Å². The van der Waals surface area contributed by atoms with Crippen molar-refractivity contribution in [2.24, 2.45) is 0 Å². The quantitative estimate of drug-likeness (QED) is 0.772. The second kappa shape index (κ2) is 6.70. The molecule has 96 valence electrons. The topological polar surface area (TPSA) is 21.3 Å². The van der Waals surface area contributed by atoms with Crippen molar-refractivity contribution >= 4 is 48.9 Å². The molecule has 0 fully saturated rings. The summed E-state index contributed by atoms with van der Waals surface area (Å²) >= 11 is 8.79. The molecule has 2 nitrogen and oxygen atoms in total. The van der Waals surface area contributed by atoms with Gasteiger partial charge in [0.2, 0.25) is 0 Å². The van der Waals surface area contributed by atoms with Crippen molar-refractivity contribution in [3.8, 4) is 0 Å². The van der Waals surface area contributed by atoms with Crippen molar-refractivity contribution in [3.63, 3.8) is 0 Å². The second-order valence-electron chi connectivity index (χ2n) is 3.80. The fourth-order valence-electron chi connectivity index (χ4n) is 1.64. The number of benzene rings is 1. The molecule has 0 bridgehead atoms. The molecule has 1 heterocycles. The molecule has 0 saturated heterocycles. The highest BCUT2D eigenvalue weighted by Crippen LogP contribution is 2.27. The third kappa shape index (κ3) is 3.35. The Hall–Kier alpha value is -0.360. The lowest BCUT2D eigenvalue weighted by atomic mass is 10.2. The molecule has 1 aromatic heterocycles. The minimum absolute atomic E-state index is 0.592. The number of methoxy groups -OCH3 is 1. The van der Waals surface area contributed by atoms with Gasteiger partial charge in [-0.3, -0.25) is 0 Å². The minimum Gasteiger partial charge on any atom is -0.381 e. The molecule has 2 aromatic rings. The molecule has 0 atom stereocenters. The molecule has 0 aliphatic carbocycles. The lowest BCUT2D eigenvalue weighted by Gasteiger charge is -2.13. The molecule has 2 rings (SSSR count). The van der Waals surface area contributed by atoms with Crippen LogP contribution >= 0.6 is 43.2 Å². The van der Waals surface area contributed by atoms with Gasteiger partial charge in [-0.05, 0) is 39.0 Å². The van der Waals surface area contributed by atoms with Crippen LogP contribution in [0.4, 0.5) is 5.69 Å². The van der Waals surface area contributed by atoms with Crippen molar-refractivity contribution in [2.45, 2.75) is 13.2 Å². The van der Waals surface area contributed by atoms with Gasteiger partial charge in [0.05, 0.1) is 6.61 Å². The summed E-state index contributed by atoms with van der Waals surface area (Å²) in [4.78, 5) is 0. The summed E-state index contributed by atoms with van der Waals surface area (Å²) in [6.45, 7) is 1.39. The lowest BCUT2D eigenvalue weighted by Crippen LogP contribution is -2.03. The average Bonchev–Trinajstić information content (AvgIpc) is 2.76. The van der Waals surface area contributed by atoms with Crippen molar-refractivity contribution in [2.75, 3.05) is 12.4 Å². The molecule has 18 heavy (non-hydrogen) atoms. The number of anilines is 1. The summed E-state index contributed by atoms with van der Waals surface area (Å²) in [6.07, 6.45) is 0. The van der Waals surface area contributed by atoms with Gasteiger partial charge in [0, 0.05) is 39.2 Å². The summed E-state index contributed by atoms with van der Waals surface area (Å²) in [7, 11) is 1.71. The smallest absolute Gasteiger partial charge is 0.0744 e. The Kier molecular flexibility index (Phi) is 5.24. The van der Waals surface area contributed by atoms with Crippen LogP contribution in [0.2, 0.25) is 0 Å². The van der Waals surface area contributed by atoms with E-state index in [-0.39, 0.29) is 0 Å². The Bertz CT molecular complexity index is 527. The molecule has 1 aromatic carbocycles. The number of hydrogen-bond acceptors (Lipinski definition) is 3. The number of thiophene rings is 1. The van der Waals surface area contributed by atoms with Gasteiger partial charge < -0.3 is 10.1 Å². The first kappa shape index (κ1) is 14.1. The van der Waals surface area contributed by atoms with E-state index in [1.165, 1.54) is 5.56 Å². The number of ether oxygens (including phenoxy) is 1. The van der Waals surface area contributed by atoms with E-state index in [1.807, 2.05) is 12.1 Å². The molecule has 5 heteroatoms. The van der Waals surface area contributed by atoms with Gasteiger partial charge in [-0.25, -0.2) is 0 Å².